The van der Waals surface area contributed by atoms with Crippen molar-refractivity contribution in [1.82, 2.24) is 4.90 Å². The monoisotopic (exact) mass is 473 g/mol. The molecule has 1 saturated heterocycles. The van der Waals surface area contributed by atoms with Gasteiger partial charge in [-0.15, -0.1) is 11.8 Å². The maximum atomic E-state index is 14.2. The molecule has 2 aliphatic heterocycles. The number of amides is 3. The van der Waals surface area contributed by atoms with Crippen molar-refractivity contribution in [2.24, 2.45) is 0 Å². The van der Waals surface area contributed by atoms with E-state index in [2.05, 4.69) is 5.32 Å². The van der Waals surface area contributed by atoms with E-state index in [1.807, 2.05) is 85.5 Å². The van der Waals surface area contributed by atoms with E-state index in [0.29, 0.717) is 30.3 Å². The summed E-state index contributed by atoms with van der Waals surface area (Å²) in [5.41, 5.74) is 5.59. The average molecular weight is 474 g/mol. The highest BCUT2D eigenvalue weighted by molar-refractivity contribution is 8.01. The minimum Gasteiger partial charge on any atom is -0.497 e. The number of nitrogens with one attached hydrogen (secondary N) is 1. The van der Waals surface area contributed by atoms with Gasteiger partial charge in [0.05, 0.1) is 19.3 Å². The Balaban J connectivity index is 1.56. The third-order valence-corrected chi connectivity index (χ3v) is 7.92. The van der Waals surface area contributed by atoms with Crippen molar-refractivity contribution in [1.29, 1.82) is 0 Å². The second-order valence-electron chi connectivity index (χ2n) is 8.64. The van der Waals surface area contributed by atoms with Crippen LogP contribution < -0.4 is 15.0 Å². The Morgan fingerprint density at radius 3 is 2.68 bits per heavy atom. The lowest BCUT2D eigenvalue weighted by molar-refractivity contribution is -0.123. The van der Waals surface area contributed by atoms with Gasteiger partial charge in [0, 0.05) is 23.5 Å². The van der Waals surface area contributed by atoms with Crippen molar-refractivity contribution in [3.63, 3.8) is 0 Å². The minimum atomic E-state index is -1.12. The summed E-state index contributed by atoms with van der Waals surface area (Å²) >= 11 is 1.51. The van der Waals surface area contributed by atoms with Crippen LogP contribution in [0, 0.1) is 13.8 Å². The molecule has 0 radical (unpaired) electrons. The SMILES string of the molecule is COc1ccc2c(c1)C1(SCCN1C(=O)Nc1cccc(C)c1)C(=O)N2Cc1ccccc1C. The molecule has 2 heterocycles. The number of rotatable bonds is 4. The highest BCUT2D eigenvalue weighted by atomic mass is 32.2. The van der Waals surface area contributed by atoms with Gasteiger partial charge in [0.1, 0.15) is 5.75 Å². The van der Waals surface area contributed by atoms with Crippen molar-refractivity contribution in [2.45, 2.75) is 25.3 Å². The van der Waals surface area contributed by atoms with E-state index in [-0.39, 0.29) is 11.9 Å². The summed E-state index contributed by atoms with van der Waals surface area (Å²) in [5.74, 6) is 1.23. The van der Waals surface area contributed by atoms with Gasteiger partial charge in [-0.05, 0) is 60.9 Å². The molecule has 1 N–H and O–H groups in total. The number of ether oxygens (including phenoxy) is 1. The van der Waals surface area contributed by atoms with E-state index < -0.39 is 4.87 Å². The Morgan fingerprint density at radius 1 is 1.09 bits per heavy atom. The molecule has 3 aromatic rings. The topological polar surface area (TPSA) is 61.9 Å². The van der Waals surface area contributed by atoms with Crippen LogP contribution in [0.2, 0.25) is 0 Å². The van der Waals surface area contributed by atoms with Crippen LogP contribution in [0.4, 0.5) is 16.2 Å². The summed E-state index contributed by atoms with van der Waals surface area (Å²) in [4.78, 5) is 30.0. The van der Waals surface area contributed by atoms with Crippen molar-refractivity contribution >= 4 is 35.1 Å². The normalized spacial score (nSPS) is 19.0. The first-order valence-corrected chi connectivity index (χ1v) is 12.3. The van der Waals surface area contributed by atoms with Crippen molar-refractivity contribution in [3.8, 4) is 5.75 Å². The summed E-state index contributed by atoms with van der Waals surface area (Å²) in [6.07, 6.45) is 0. The quantitative estimate of drug-likeness (QED) is 0.559. The van der Waals surface area contributed by atoms with Gasteiger partial charge in [-0.2, -0.15) is 0 Å². The molecule has 5 rings (SSSR count). The Labute approximate surface area is 203 Å². The van der Waals surface area contributed by atoms with E-state index in [4.69, 9.17) is 4.74 Å². The average Bonchev–Trinajstić information content (AvgIpc) is 3.37. The Morgan fingerprint density at radius 2 is 1.91 bits per heavy atom. The molecule has 0 bridgehead atoms. The molecule has 1 unspecified atom stereocenters. The van der Waals surface area contributed by atoms with Crippen LogP contribution in [-0.4, -0.2) is 36.2 Å². The van der Waals surface area contributed by atoms with Gasteiger partial charge < -0.3 is 15.0 Å². The molecular formula is C27H27N3O3S. The Hall–Kier alpha value is -3.45. The lowest BCUT2D eigenvalue weighted by Gasteiger charge is -2.33. The van der Waals surface area contributed by atoms with E-state index in [9.17, 15) is 9.59 Å². The van der Waals surface area contributed by atoms with E-state index >= 15 is 0 Å². The number of thioether (sulfide) groups is 1. The first kappa shape index (κ1) is 22.3. The van der Waals surface area contributed by atoms with Gasteiger partial charge in [0.2, 0.25) is 0 Å². The molecule has 2 aliphatic rings. The predicted molar refractivity (Wildman–Crippen MR) is 136 cm³/mol. The molecular weight excluding hydrogens is 446 g/mol. The van der Waals surface area contributed by atoms with Crippen molar-refractivity contribution in [2.75, 3.05) is 29.6 Å². The molecule has 1 spiro atoms. The number of carbonyl (C=O) groups excluding carboxylic acids is 2. The highest BCUT2D eigenvalue weighted by Crippen LogP contribution is 2.55. The molecule has 34 heavy (non-hydrogen) atoms. The van der Waals surface area contributed by atoms with Crippen LogP contribution >= 0.6 is 11.8 Å². The summed E-state index contributed by atoms with van der Waals surface area (Å²) < 4.78 is 5.50. The molecule has 0 saturated carbocycles. The first-order chi connectivity index (χ1) is 16.4. The van der Waals surface area contributed by atoms with Crippen molar-refractivity contribution < 1.29 is 14.3 Å². The highest BCUT2D eigenvalue weighted by Gasteiger charge is 2.59. The fourth-order valence-electron chi connectivity index (χ4n) is 4.75. The zero-order valence-corrected chi connectivity index (χ0v) is 20.3. The number of carbonyl (C=O) groups is 2. The number of urea groups is 1. The summed E-state index contributed by atoms with van der Waals surface area (Å²) in [7, 11) is 1.61. The van der Waals surface area contributed by atoms with Crippen LogP contribution in [0.15, 0.2) is 66.7 Å². The zero-order valence-electron chi connectivity index (χ0n) is 19.5. The second kappa shape index (κ2) is 8.72. The molecule has 7 heteroatoms. The molecule has 1 fully saturated rings. The van der Waals surface area contributed by atoms with E-state index in [0.717, 1.165) is 27.9 Å². The molecule has 3 aromatic carbocycles. The van der Waals surface area contributed by atoms with Crippen LogP contribution in [0.1, 0.15) is 22.3 Å². The zero-order chi connectivity index (χ0) is 23.9. The van der Waals surface area contributed by atoms with Crippen LogP contribution in [0.3, 0.4) is 0 Å². The Bertz CT molecular complexity index is 1280. The van der Waals surface area contributed by atoms with E-state index in [1.54, 1.807) is 12.0 Å². The first-order valence-electron chi connectivity index (χ1n) is 11.3. The molecule has 0 aliphatic carbocycles. The fraction of sp³-hybridized carbons (Fsp3) is 0.259. The fourth-order valence-corrected chi connectivity index (χ4v) is 6.20. The van der Waals surface area contributed by atoms with Crippen LogP contribution in [0.25, 0.3) is 0 Å². The van der Waals surface area contributed by atoms with Crippen LogP contribution in [0.5, 0.6) is 5.75 Å². The summed E-state index contributed by atoms with van der Waals surface area (Å²) in [5, 5.41) is 3.00. The van der Waals surface area contributed by atoms with E-state index in [1.165, 1.54) is 11.8 Å². The number of hydrogen-bond acceptors (Lipinski definition) is 4. The predicted octanol–water partition coefficient (Wildman–Crippen LogP) is 5.29. The minimum absolute atomic E-state index is 0.0964. The third-order valence-electron chi connectivity index (χ3n) is 6.50. The number of nitrogens with zero attached hydrogens (tertiary/aromatic N) is 2. The van der Waals surface area contributed by atoms with Gasteiger partial charge in [-0.1, -0.05) is 36.4 Å². The second-order valence-corrected chi connectivity index (χ2v) is 9.93. The molecule has 6 nitrogen and oxygen atoms in total. The standard InChI is InChI=1S/C27H27N3O3S/c1-18-7-6-10-21(15-18)28-26(32)30-13-14-34-27(30)23-16-22(33-3)11-12-24(23)29(25(27)31)17-20-9-5-4-8-19(20)2/h4-12,15-16H,13-14,17H2,1-3H3,(H,28,32). The molecule has 0 aromatic heterocycles. The third kappa shape index (κ3) is 3.60. The van der Waals surface area contributed by atoms with Gasteiger partial charge in [-0.25, -0.2) is 4.79 Å². The van der Waals surface area contributed by atoms with Gasteiger partial charge in [0.25, 0.3) is 5.91 Å². The lowest BCUT2D eigenvalue weighted by atomic mass is 10.1. The summed E-state index contributed by atoms with van der Waals surface area (Å²) in [6, 6.07) is 21.2. The van der Waals surface area contributed by atoms with Crippen molar-refractivity contribution in [3.05, 3.63) is 89.0 Å². The number of anilines is 2. The lowest BCUT2D eigenvalue weighted by Crippen LogP contribution is -2.51. The largest absolute Gasteiger partial charge is 0.497 e. The maximum absolute atomic E-state index is 14.2. The molecule has 174 valence electrons. The smallest absolute Gasteiger partial charge is 0.323 e. The van der Waals surface area contributed by atoms with Crippen LogP contribution in [-0.2, 0) is 16.2 Å². The van der Waals surface area contributed by atoms with Gasteiger partial charge in [0.15, 0.2) is 4.87 Å². The number of fused-ring (bicyclic) bond motifs is 2. The Kier molecular flexibility index (Phi) is 5.73. The van der Waals surface area contributed by atoms with Gasteiger partial charge >= 0.3 is 6.03 Å². The molecule has 1 atom stereocenters. The number of benzene rings is 3. The number of aryl methyl sites for hydroxylation is 2. The number of methoxy groups -OCH3 is 1. The molecule has 3 amide bonds. The summed E-state index contributed by atoms with van der Waals surface area (Å²) in [6.45, 7) is 4.95. The maximum Gasteiger partial charge on any atom is 0.323 e. The number of hydrogen-bond donors (Lipinski definition) is 1. The van der Waals surface area contributed by atoms with Gasteiger partial charge in [-0.3, -0.25) is 9.69 Å².